The minimum Gasteiger partial charge on any atom is -0.467 e. The lowest BCUT2D eigenvalue weighted by atomic mass is 10.2. The van der Waals surface area contributed by atoms with Crippen molar-refractivity contribution >= 4 is 33.1 Å². The number of anilines is 1. The van der Waals surface area contributed by atoms with E-state index in [2.05, 4.69) is 15.3 Å². The second kappa shape index (κ2) is 6.64. The Kier molecular flexibility index (Phi) is 4.40. The van der Waals surface area contributed by atoms with E-state index in [1.165, 1.54) is 6.33 Å². The Morgan fingerprint density at radius 1 is 1.38 bits per heavy atom. The number of hydrogen-bond acceptors (Lipinski definition) is 6. The molecule has 0 fully saturated rings. The van der Waals surface area contributed by atoms with Crippen LogP contribution in [0.2, 0.25) is 0 Å². The second-order valence-electron chi connectivity index (χ2n) is 5.17. The molecule has 0 aliphatic rings. The molecule has 0 aliphatic carbocycles. The molecule has 3 rings (SSSR count). The number of rotatable bonds is 4. The van der Waals surface area contributed by atoms with Gasteiger partial charge in [0, 0.05) is 10.6 Å². The molecule has 0 atom stereocenters. The molecule has 2 aromatic heterocycles. The smallest absolute Gasteiger partial charge is 0.262 e. The van der Waals surface area contributed by atoms with Gasteiger partial charge in [0.25, 0.3) is 5.91 Å². The van der Waals surface area contributed by atoms with Gasteiger partial charge in [-0.25, -0.2) is 9.97 Å². The number of hydrogen-bond donors (Lipinski definition) is 1. The molecular weight excluding hydrogens is 324 g/mol. The van der Waals surface area contributed by atoms with E-state index in [4.69, 9.17) is 10.00 Å². The van der Waals surface area contributed by atoms with E-state index in [1.54, 1.807) is 35.6 Å². The molecule has 0 unspecified atom stereocenters. The lowest BCUT2D eigenvalue weighted by Crippen LogP contribution is -2.20. The van der Waals surface area contributed by atoms with Crippen molar-refractivity contribution in [1.82, 2.24) is 9.97 Å². The van der Waals surface area contributed by atoms with Crippen molar-refractivity contribution in [3.63, 3.8) is 0 Å². The molecule has 0 bridgehead atoms. The molecule has 120 valence electrons. The number of ether oxygens (including phenoxy) is 1. The minimum atomic E-state index is -0.318. The van der Waals surface area contributed by atoms with Gasteiger partial charge in [-0.1, -0.05) is 6.07 Å². The summed E-state index contributed by atoms with van der Waals surface area (Å²) in [5, 5.41) is 12.4. The Morgan fingerprint density at radius 2 is 2.21 bits per heavy atom. The van der Waals surface area contributed by atoms with E-state index in [0.717, 1.165) is 20.7 Å². The average Bonchev–Trinajstić information content (AvgIpc) is 2.88. The van der Waals surface area contributed by atoms with Crippen molar-refractivity contribution in [2.75, 3.05) is 11.9 Å². The van der Waals surface area contributed by atoms with Crippen LogP contribution in [0.25, 0.3) is 10.2 Å². The zero-order valence-corrected chi connectivity index (χ0v) is 14.0. The van der Waals surface area contributed by atoms with Gasteiger partial charge in [0.15, 0.2) is 6.61 Å². The first-order valence-corrected chi connectivity index (χ1v) is 8.03. The molecular formula is C17H14N4O2S. The molecule has 6 nitrogen and oxygen atoms in total. The van der Waals surface area contributed by atoms with E-state index >= 15 is 0 Å². The Morgan fingerprint density at radius 3 is 3.00 bits per heavy atom. The van der Waals surface area contributed by atoms with Crippen LogP contribution in [0.3, 0.4) is 0 Å². The van der Waals surface area contributed by atoms with Crippen LogP contribution in [0.4, 0.5) is 5.69 Å². The average molecular weight is 338 g/mol. The fourth-order valence-corrected chi connectivity index (χ4v) is 3.24. The van der Waals surface area contributed by atoms with E-state index < -0.39 is 0 Å². The predicted molar refractivity (Wildman–Crippen MR) is 92.2 cm³/mol. The van der Waals surface area contributed by atoms with Gasteiger partial charge in [-0.2, -0.15) is 5.26 Å². The van der Waals surface area contributed by atoms with Gasteiger partial charge in [0.1, 0.15) is 11.2 Å². The molecule has 1 aromatic carbocycles. The molecule has 0 spiro atoms. The van der Waals surface area contributed by atoms with Crippen LogP contribution in [0, 0.1) is 25.2 Å². The van der Waals surface area contributed by atoms with Gasteiger partial charge >= 0.3 is 0 Å². The summed E-state index contributed by atoms with van der Waals surface area (Å²) in [7, 11) is 0. The first kappa shape index (κ1) is 15.9. The van der Waals surface area contributed by atoms with Gasteiger partial charge in [-0.3, -0.25) is 4.79 Å². The fraction of sp³-hybridized carbons (Fsp3) is 0.176. The lowest BCUT2D eigenvalue weighted by molar-refractivity contribution is -0.118. The van der Waals surface area contributed by atoms with Crippen molar-refractivity contribution in [1.29, 1.82) is 5.26 Å². The number of thiophene rings is 1. The fourth-order valence-electron chi connectivity index (χ4n) is 2.26. The number of carbonyl (C=O) groups is 1. The second-order valence-corrected chi connectivity index (χ2v) is 6.37. The third kappa shape index (κ3) is 3.19. The number of fused-ring (bicyclic) bond motifs is 1. The quantitative estimate of drug-likeness (QED) is 0.789. The zero-order chi connectivity index (χ0) is 17.1. The van der Waals surface area contributed by atoms with E-state index in [-0.39, 0.29) is 12.5 Å². The molecule has 0 aliphatic heterocycles. The summed E-state index contributed by atoms with van der Waals surface area (Å²) < 4.78 is 5.58. The lowest BCUT2D eigenvalue weighted by Gasteiger charge is -2.08. The summed E-state index contributed by atoms with van der Waals surface area (Å²) in [5.41, 5.74) is 2.10. The van der Waals surface area contributed by atoms with Crippen molar-refractivity contribution in [2.24, 2.45) is 0 Å². The number of nitriles is 1. The van der Waals surface area contributed by atoms with Gasteiger partial charge in [0.05, 0.1) is 17.0 Å². The van der Waals surface area contributed by atoms with Crippen LogP contribution in [0.5, 0.6) is 5.88 Å². The van der Waals surface area contributed by atoms with Crippen LogP contribution in [0.15, 0.2) is 30.6 Å². The topological polar surface area (TPSA) is 87.9 Å². The first-order chi connectivity index (χ1) is 11.6. The summed E-state index contributed by atoms with van der Waals surface area (Å²) >= 11 is 1.57. The summed E-state index contributed by atoms with van der Waals surface area (Å²) in [6.45, 7) is 3.83. The van der Waals surface area contributed by atoms with Crippen LogP contribution in [-0.2, 0) is 4.79 Å². The van der Waals surface area contributed by atoms with E-state index in [1.807, 2.05) is 19.9 Å². The Balaban J connectivity index is 1.72. The number of nitrogens with zero attached hydrogens (tertiary/aromatic N) is 3. The summed E-state index contributed by atoms with van der Waals surface area (Å²) in [6, 6.07) is 8.73. The number of aryl methyl sites for hydroxylation is 2. The molecule has 1 N–H and O–H groups in total. The van der Waals surface area contributed by atoms with Crippen LogP contribution < -0.4 is 10.1 Å². The molecule has 0 saturated heterocycles. The maximum atomic E-state index is 12.1. The zero-order valence-electron chi connectivity index (χ0n) is 13.2. The summed E-state index contributed by atoms with van der Waals surface area (Å²) in [5.74, 6) is 0.0873. The number of amides is 1. The van der Waals surface area contributed by atoms with Crippen molar-refractivity contribution in [3.8, 4) is 11.9 Å². The number of carbonyl (C=O) groups excluding carboxylic acids is 1. The van der Waals surface area contributed by atoms with Gasteiger partial charge in [0.2, 0.25) is 5.88 Å². The predicted octanol–water partition coefficient (Wildman–Crippen LogP) is 3.20. The largest absolute Gasteiger partial charge is 0.467 e. The Bertz CT molecular complexity index is 959. The van der Waals surface area contributed by atoms with Crippen LogP contribution >= 0.6 is 11.3 Å². The van der Waals surface area contributed by atoms with E-state index in [9.17, 15) is 4.79 Å². The monoisotopic (exact) mass is 338 g/mol. The van der Waals surface area contributed by atoms with Gasteiger partial charge in [-0.05, 0) is 37.6 Å². The maximum Gasteiger partial charge on any atom is 0.262 e. The van der Waals surface area contributed by atoms with Gasteiger partial charge in [-0.15, -0.1) is 11.3 Å². The molecule has 7 heteroatoms. The SMILES string of the molecule is Cc1sc2ncnc(OCC(=O)Nc3cccc(C#N)c3)c2c1C. The molecule has 1 amide bonds. The highest BCUT2D eigenvalue weighted by molar-refractivity contribution is 7.18. The van der Waals surface area contributed by atoms with Gasteiger partial charge < -0.3 is 10.1 Å². The standard InChI is InChI=1S/C17H14N4O2S/c1-10-11(2)24-17-15(10)16(19-9-20-17)23-8-14(22)21-13-5-3-4-12(6-13)7-18/h3-6,9H,8H2,1-2H3,(H,21,22). The number of aromatic nitrogens is 2. The Hall–Kier alpha value is -2.98. The van der Waals surface area contributed by atoms with Crippen molar-refractivity contribution in [3.05, 3.63) is 46.6 Å². The summed E-state index contributed by atoms with van der Waals surface area (Å²) in [4.78, 5) is 22.4. The maximum absolute atomic E-state index is 12.1. The molecule has 2 heterocycles. The Labute approximate surface area is 142 Å². The highest BCUT2D eigenvalue weighted by atomic mass is 32.1. The highest BCUT2D eigenvalue weighted by Gasteiger charge is 2.14. The summed E-state index contributed by atoms with van der Waals surface area (Å²) in [6.07, 6.45) is 1.43. The third-order valence-corrected chi connectivity index (χ3v) is 4.66. The van der Waals surface area contributed by atoms with Crippen molar-refractivity contribution < 1.29 is 9.53 Å². The minimum absolute atomic E-state index is 0.169. The van der Waals surface area contributed by atoms with Crippen LogP contribution in [-0.4, -0.2) is 22.5 Å². The van der Waals surface area contributed by atoms with E-state index in [0.29, 0.717) is 17.1 Å². The molecule has 0 radical (unpaired) electrons. The molecule has 3 aromatic rings. The normalized spacial score (nSPS) is 10.4. The highest BCUT2D eigenvalue weighted by Crippen LogP contribution is 2.33. The molecule has 24 heavy (non-hydrogen) atoms. The number of benzene rings is 1. The first-order valence-electron chi connectivity index (χ1n) is 7.22. The molecule has 0 saturated carbocycles. The van der Waals surface area contributed by atoms with Crippen LogP contribution in [0.1, 0.15) is 16.0 Å². The third-order valence-electron chi connectivity index (χ3n) is 3.55. The number of nitrogens with one attached hydrogen (secondary N) is 1. The van der Waals surface area contributed by atoms with Crippen molar-refractivity contribution in [2.45, 2.75) is 13.8 Å².